The van der Waals surface area contributed by atoms with Crippen LogP contribution in [0.2, 0.25) is 5.02 Å². The molecule has 3 nitrogen and oxygen atoms in total. The molecule has 2 aromatic carbocycles. The Hall–Kier alpha value is -2.21. The summed E-state index contributed by atoms with van der Waals surface area (Å²) in [5.74, 6) is -0.0413. The summed E-state index contributed by atoms with van der Waals surface area (Å²) in [6.07, 6.45) is -2.70. The molecule has 0 aliphatic carbocycles. The highest BCUT2D eigenvalue weighted by Crippen LogP contribution is 2.36. The average Bonchev–Trinajstić information content (AvgIpc) is 2.56. The fourth-order valence-corrected chi connectivity index (χ4v) is 2.26. The first-order valence-corrected chi connectivity index (χ1v) is 8.10. The average molecular weight is 372 g/mol. The van der Waals surface area contributed by atoms with E-state index < -0.39 is 17.6 Å². The fourth-order valence-electron chi connectivity index (χ4n) is 2.09. The summed E-state index contributed by atoms with van der Waals surface area (Å²) in [6.45, 7) is 2.62. The number of rotatable bonds is 6. The highest BCUT2D eigenvalue weighted by molar-refractivity contribution is 6.30. The Balaban J connectivity index is 2.12. The van der Waals surface area contributed by atoms with Gasteiger partial charge in [0.25, 0.3) is 5.91 Å². The summed E-state index contributed by atoms with van der Waals surface area (Å²) < 4.78 is 44.6. The van der Waals surface area contributed by atoms with E-state index in [1.54, 1.807) is 12.1 Å². The van der Waals surface area contributed by atoms with Crippen LogP contribution < -0.4 is 10.1 Å². The number of benzene rings is 2. The van der Waals surface area contributed by atoms with E-state index in [2.05, 4.69) is 5.32 Å². The molecule has 2 rings (SSSR count). The van der Waals surface area contributed by atoms with Crippen LogP contribution in [-0.4, -0.2) is 12.5 Å². The zero-order valence-corrected chi connectivity index (χ0v) is 14.2. The van der Waals surface area contributed by atoms with Crippen LogP contribution >= 0.6 is 11.6 Å². The lowest BCUT2D eigenvalue weighted by molar-refractivity contribution is -0.136. The third-order valence-electron chi connectivity index (χ3n) is 3.42. The first-order chi connectivity index (χ1) is 11.8. The van der Waals surface area contributed by atoms with Crippen molar-refractivity contribution in [2.24, 2.45) is 0 Å². The van der Waals surface area contributed by atoms with E-state index in [-0.39, 0.29) is 16.3 Å². The van der Waals surface area contributed by atoms with Crippen molar-refractivity contribution in [2.45, 2.75) is 25.9 Å². The monoisotopic (exact) mass is 371 g/mol. The van der Waals surface area contributed by atoms with E-state index >= 15 is 0 Å². The number of ether oxygens (including phenoxy) is 1. The molecule has 1 amide bonds. The van der Waals surface area contributed by atoms with Gasteiger partial charge in [-0.1, -0.05) is 24.9 Å². The molecule has 0 aliphatic rings. The first-order valence-electron chi connectivity index (χ1n) is 7.72. The van der Waals surface area contributed by atoms with Crippen LogP contribution in [0.1, 0.15) is 35.7 Å². The summed E-state index contributed by atoms with van der Waals surface area (Å²) in [4.78, 5) is 12.2. The minimum atomic E-state index is -4.62. The molecule has 0 atom stereocenters. The summed E-state index contributed by atoms with van der Waals surface area (Å²) in [6, 6.07) is 9.41. The van der Waals surface area contributed by atoms with Gasteiger partial charge in [-0.2, -0.15) is 13.2 Å². The van der Waals surface area contributed by atoms with Crippen LogP contribution in [0.4, 0.5) is 18.9 Å². The number of hydrogen-bond acceptors (Lipinski definition) is 2. The summed E-state index contributed by atoms with van der Waals surface area (Å²) in [7, 11) is 0. The van der Waals surface area contributed by atoms with E-state index in [1.165, 1.54) is 18.2 Å². The maximum Gasteiger partial charge on any atom is 0.418 e. The van der Waals surface area contributed by atoms with Crippen molar-refractivity contribution >= 4 is 23.2 Å². The second kappa shape index (κ2) is 8.25. The zero-order valence-electron chi connectivity index (χ0n) is 13.5. The number of alkyl halides is 3. The van der Waals surface area contributed by atoms with Gasteiger partial charge < -0.3 is 10.1 Å². The quantitative estimate of drug-likeness (QED) is 0.652. The standard InChI is InChI=1S/C18H17ClF3NO2/c1-2-3-10-25-14-7-4-12(5-8-14)17(24)23-16-9-6-13(19)11-15(16)18(20,21)22/h4-9,11H,2-3,10H2,1H3,(H,23,24). The van der Waals surface area contributed by atoms with Gasteiger partial charge in [-0.15, -0.1) is 0 Å². The minimum absolute atomic E-state index is 0.0566. The van der Waals surface area contributed by atoms with Crippen LogP contribution in [0.3, 0.4) is 0 Å². The summed E-state index contributed by atoms with van der Waals surface area (Å²) in [5.41, 5.74) is -1.11. The molecule has 25 heavy (non-hydrogen) atoms. The normalized spacial score (nSPS) is 11.2. The van der Waals surface area contributed by atoms with E-state index in [9.17, 15) is 18.0 Å². The van der Waals surface area contributed by atoms with Crippen molar-refractivity contribution < 1.29 is 22.7 Å². The van der Waals surface area contributed by atoms with Crippen LogP contribution in [0, 0.1) is 0 Å². The zero-order chi connectivity index (χ0) is 18.4. The van der Waals surface area contributed by atoms with Gasteiger partial charge in [0.05, 0.1) is 17.9 Å². The number of anilines is 1. The first kappa shape index (κ1) is 19.1. The molecule has 0 heterocycles. The number of hydrogen-bond donors (Lipinski definition) is 1. The van der Waals surface area contributed by atoms with Gasteiger partial charge in [-0.3, -0.25) is 4.79 Å². The third-order valence-corrected chi connectivity index (χ3v) is 3.65. The lowest BCUT2D eigenvalue weighted by Crippen LogP contribution is -2.16. The Kier molecular flexibility index (Phi) is 6.31. The van der Waals surface area contributed by atoms with Crippen molar-refractivity contribution in [3.05, 3.63) is 58.6 Å². The van der Waals surface area contributed by atoms with E-state index in [0.717, 1.165) is 25.0 Å². The number of carbonyl (C=O) groups is 1. The Morgan fingerprint density at radius 1 is 1.16 bits per heavy atom. The smallest absolute Gasteiger partial charge is 0.418 e. The molecule has 2 aromatic rings. The molecule has 134 valence electrons. The van der Waals surface area contributed by atoms with Crippen molar-refractivity contribution in [3.8, 4) is 5.75 Å². The molecule has 0 saturated carbocycles. The highest BCUT2D eigenvalue weighted by Gasteiger charge is 2.34. The topological polar surface area (TPSA) is 38.3 Å². The van der Waals surface area contributed by atoms with Gasteiger partial charge in [-0.25, -0.2) is 0 Å². The van der Waals surface area contributed by atoms with E-state index in [0.29, 0.717) is 12.4 Å². The minimum Gasteiger partial charge on any atom is -0.494 e. The van der Waals surface area contributed by atoms with Gasteiger partial charge in [0.2, 0.25) is 0 Å². The summed E-state index contributed by atoms with van der Waals surface area (Å²) in [5, 5.41) is 2.22. The largest absolute Gasteiger partial charge is 0.494 e. The molecule has 0 unspecified atom stereocenters. The maximum atomic E-state index is 13.1. The predicted molar refractivity (Wildman–Crippen MR) is 91.3 cm³/mol. The molecule has 1 N–H and O–H groups in total. The Morgan fingerprint density at radius 3 is 2.44 bits per heavy atom. The molecule has 0 saturated heterocycles. The van der Waals surface area contributed by atoms with Crippen molar-refractivity contribution in [3.63, 3.8) is 0 Å². The molecule has 0 spiro atoms. The number of unbranched alkanes of at least 4 members (excludes halogenated alkanes) is 1. The molecule has 0 aliphatic heterocycles. The van der Waals surface area contributed by atoms with Crippen molar-refractivity contribution in [1.82, 2.24) is 0 Å². The van der Waals surface area contributed by atoms with Gasteiger partial charge in [0.15, 0.2) is 0 Å². The van der Waals surface area contributed by atoms with Gasteiger partial charge in [0, 0.05) is 10.6 Å². The van der Waals surface area contributed by atoms with Gasteiger partial charge >= 0.3 is 6.18 Å². The van der Waals surface area contributed by atoms with E-state index in [1.807, 2.05) is 6.92 Å². The number of amides is 1. The molecular formula is C18H17ClF3NO2. The SMILES string of the molecule is CCCCOc1ccc(C(=O)Nc2ccc(Cl)cc2C(F)(F)F)cc1. The van der Waals surface area contributed by atoms with E-state index in [4.69, 9.17) is 16.3 Å². The van der Waals surface area contributed by atoms with Crippen molar-refractivity contribution in [2.75, 3.05) is 11.9 Å². The number of carbonyl (C=O) groups excluding carboxylic acids is 1. The Labute approximate surface area is 148 Å². The molecule has 0 radical (unpaired) electrons. The second-order valence-electron chi connectivity index (χ2n) is 5.37. The van der Waals surface area contributed by atoms with Crippen molar-refractivity contribution in [1.29, 1.82) is 0 Å². The molecule has 0 fully saturated rings. The predicted octanol–water partition coefficient (Wildman–Crippen LogP) is 5.79. The van der Waals surface area contributed by atoms with Crippen LogP contribution in [0.15, 0.2) is 42.5 Å². The third kappa shape index (κ3) is 5.39. The Bertz CT molecular complexity index is 730. The molecule has 7 heteroatoms. The Morgan fingerprint density at radius 2 is 1.84 bits per heavy atom. The molecule has 0 bridgehead atoms. The molecule has 0 aromatic heterocycles. The molecular weight excluding hydrogens is 355 g/mol. The lowest BCUT2D eigenvalue weighted by atomic mass is 10.1. The maximum absolute atomic E-state index is 13.1. The lowest BCUT2D eigenvalue weighted by Gasteiger charge is -2.14. The second-order valence-corrected chi connectivity index (χ2v) is 5.80. The number of nitrogens with one attached hydrogen (secondary N) is 1. The van der Waals surface area contributed by atoms with Crippen LogP contribution in [0.5, 0.6) is 5.75 Å². The number of halogens is 4. The van der Waals surface area contributed by atoms with Crippen LogP contribution in [-0.2, 0) is 6.18 Å². The van der Waals surface area contributed by atoms with Crippen LogP contribution in [0.25, 0.3) is 0 Å². The summed E-state index contributed by atoms with van der Waals surface area (Å²) >= 11 is 5.62. The van der Waals surface area contributed by atoms with Gasteiger partial charge in [-0.05, 0) is 48.9 Å². The highest BCUT2D eigenvalue weighted by atomic mass is 35.5. The fraction of sp³-hybridized carbons (Fsp3) is 0.278. The van der Waals surface area contributed by atoms with Gasteiger partial charge in [0.1, 0.15) is 5.75 Å².